The average Bonchev–Trinajstić information content (AvgIpc) is 2.44. The van der Waals surface area contributed by atoms with Gasteiger partial charge in [0.2, 0.25) is 0 Å². The van der Waals surface area contributed by atoms with E-state index in [9.17, 15) is 14.0 Å². The van der Waals surface area contributed by atoms with Gasteiger partial charge in [-0.1, -0.05) is 12.8 Å². The lowest BCUT2D eigenvalue weighted by atomic mass is 10.1. The van der Waals surface area contributed by atoms with Gasteiger partial charge in [-0.2, -0.15) is 0 Å². The monoisotopic (exact) mass is 297 g/mol. The number of unbranched alkanes of at least 4 members (excludes halogenated alkanes) is 3. The Bertz CT molecular complexity index is 494. The Balaban J connectivity index is 2.13. The first-order valence-corrected chi connectivity index (χ1v) is 6.80. The third-order valence-electron chi connectivity index (χ3n) is 2.93. The molecule has 1 aromatic rings. The highest BCUT2D eigenvalue weighted by atomic mass is 19.1. The minimum Gasteiger partial charge on any atom is -0.465 e. The molecule has 0 aliphatic rings. The summed E-state index contributed by atoms with van der Waals surface area (Å²) in [6, 6.07) is 3.95. The van der Waals surface area contributed by atoms with Crippen molar-refractivity contribution in [2.75, 3.05) is 18.8 Å². The van der Waals surface area contributed by atoms with Gasteiger partial charge in [0, 0.05) is 18.7 Å². The third kappa shape index (κ3) is 6.60. The molecule has 7 heteroatoms. The number of carboxylic acid groups (broad SMARTS) is 1. The van der Waals surface area contributed by atoms with Crippen LogP contribution in [0.15, 0.2) is 18.2 Å². The fourth-order valence-electron chi connectivity index (χ4n) is 1.77. The van der Waals surface area contributed by atoms with Gasteiger partial charge in [0.05, 0.1) is 5.69 Å². The van der Waals surface area contributed by atoms with Crippen molar-refractivity contribution in [1.29, 1.82) is 0 Å². The van der Waals surface area contributed by atoms with Crippen LogP contribution in [0.2, 0.25) is 0 Å². The van der Waals surface area contributed by atoms with Crippen molar-refractivity contribution in [2.45, 2.75) is 25.7 Å². The second kappa shape index (κ2) is 8.78. The van der Waals surface area contributed by atoms with Crippen LogP contribution in [-0.2, 0) is 0 Å². The van der Waals surface area contributed by atoms with E-state index in [1.165, 1.54) is 12.1 Å². The van der Waals surface area contributed by atoms with Crippen LogP contribution >= 0.6 is 0 Å². The largest absolute Gasteiger partial charge is 0.465 e. The molecule has 5 N–H and O–H groups in total. The first kappa shape index (κ1) is 16.7. The van der Waals surface area contributed by atoms with Crippen LogP contribution in [0.25, 0.3) is 0 Å². The standard InChI is InChI=1S/C14H20FN3O3/c15-11-9-10(5-6-12(11)16)13(19)17-7-3-1-2-4-8-18-14(20)21/h5-6,9,18H,1-4,7-8,16H2,(H,17,19)(H,20,21). The molecule has 0 saturated carbocycles. The Labute approximate surface area is 122 Å². The van der Waals surface area contributed by atoms with Gasteiger partial charge in [-0.25, -0.2) is 9.18 Å². The number of carbonyl (C=O) groups is 2. The molecule has 6 nitrogen and oxygen atoms in total. The summed E-state index contributed by atoms with van der Waals surface area (Å²) in [4.78, 5) is 21.9. The van der Waals surface area contributed by atoms with Gasteiger partial charge < -0.3 is 21.5 Å². The summed E-state index contributed by atoms with van der Waals surface area (Å²) in [7, 11) is 0. The van der Waals surface area contributed by atoms with Crippen LogP contribution < -0.4 is 16.4 Å². The molecule has 0 aromatic heterocycles. The van der Waals surface area contributed by atoms with Crippen LogP contribution in [0, 0.1) is 5.82 Å². The molecule has 0 atom stereocenters. The van der Waals surface area contributed by atoms with Crippen molar-refractivity contribution in [3.63, 3.8) is 0 Å². The molecule has 0 heterocycles. The minimum absolute atomic E-state index is 0.0153. The zero-order valence-corrected chi connectivity index (χ0v) is 11.7. The van der Waals surface area contributed by atoms with Crippen molar-refractivity contribution >= 4 is 17.7 Å². The maximum absolute atomic E-state index is 13.2. The van der Waals surface area contributed by atoms with Crippen molar-refractivity contribution < 1.29 is 19.1 Å². The van der Waals surface area contributed by atoms with Crippen molar-refractivity contribution in [2.24, 2.45) is 0 Å². The Kier molecular flexibility index (Phi) is 7.00. The molecular formula is C14H20FN3O3. The predicted molar refractivity (Wildman–Crippen MR) is 77.6 cm³/mol. The van der Waals surface area contributed by atoms with E-state index < -0.39 is 11.9 Å². The van der Waals surface area contributed by atoms with Gasteiger partial charge in [0.25, 0.3) is 5.91 Å². The molecule has 0 spiro atoms. The second-order valence-electron chi connectivity index (χ2n) is 4.64. The lowest BCUT2D eigenvalue weighted by Crippen LogP contribution is -2.24. The zero-order chi connectivity index (χ0) is 15.7. The molecule has 1 aromatic carbocycles. The van der Waals surface area contributed by atoms with Gasteiger partial charge in [-0.15, -0.1) is 0 Å². The van der Waals surface area contributed by atoms with Crippen molar-refractivity contribution in [3.05, 3.63) is 29.6 Å². The lowest BCUT2D eigenvalue weighted by Gasteiger charge is -2.06. The number of amides is 2. The number of nitrogen functional groups attached to an aromatic ring is 1. The van der Waals surface area contributed by atoms with E-state index in [4.69, 9.17) is 10.8 Å². The maximum atomic E-state index is 13.2. The molecule has 2 amide bonds. The van der Waals surface area contributed by atoms with E-state index in [1.54, 1.807) is 0 Å². The number of nitrogens with two attached hydrogens (primary N) is 1. The molecule has 0 aliphatic heterocycles. The number of halogens is 1. The summed E-state index contributed by atoms with van der Waals surface area (Å²) >= 11 is 0. The first-order chi connectivity index (χ1) is 10.0. The summed E-state index contributed by atoms with van der Waals surface area (Å²) in [6.07, 6.45) is 2.31. The summed E-state index contributed by atoms with van der Waals surface area (Å²) in [6.45, 7) is 0.934. The average molecular weight is 297 g/mol. The fraction of sp³-hybridized carbons (Fsp3) is 0.429. The highest BCUT2D eigenvalue weighted by Crippen LogP contribution is 2.11. The molecule has 0 unspecified atom stereocenters. The summed E-state index contributed by atoms with van der Waals surface area (Å²) < 4.78 is 13.2. The van der Waals surface area contributed by atoms with E-state index in [-0.39, 0.29) is 17.2 Å². The number of anilines is 1. The van der Waals surface area contributed by atoms with Crippen LogP contribution in [0.1, 0.15) is 36.0 Å². The Morgan fingerprint density at radius 3 is 2.29 bits per heavy atom. The number of benzene rings is 1. The van der Waals surface area contributed by atoms with E-state index in [0.717, 1.165) is 31.7 Å². The topological polar surface area (TPSA) is 104 Å². The predicted octanol–water partition coefficient (Wildman–Crippen LogP) is 1.97. The molecule has 0 saturated heterocycles. The number of hydrogen-bond acceptors (Lipinski definition) is 3. The first-order valence-electron chi connectivity index (χ1n) is 6.80. The maximum Gasteiger partial charge on any atom is 0.404 e. The van der Waals surface area contributed by atoms with Gasteiger partial charge in [-0.3, -0.25) is 4.79 Å². The van der Waals surface area contributed by atoms with Crippen molar-refractivity contribution in [3.8, 4) is 0 Å². The lowest BCUT2D eigenvalue weighted by molar-refractivity contribution is 0.0952. The van der Waals surface area contributed by atoms with Crippen LogP contribution in [0.3, 0.4) is 0 Å². The van der Waals surface area contributed by atoms with E-state index in [1.807, 2.05) is 0 Å². The molecule has 116 valence electrons. The Hall–Kier alpha value is -2.31. The SMILES string of the molecule is Nc1ccc(C(=O)NCCCCCCNC(=O)O)cc1F. The fourth-order valence-corrected chi connectivity index (χ4v) is 1.77. The van der Waals surface area contributed by atoms with Gasteiger partial charge in [0.1, 0.15) is 5.82 Å². The summed E-state index contributed by atoms with van der Waals surface area (Å²) in [5.74, 6) is -0.935. The minimum atomic E-state index is -1.02. The number of rotatable bonds is 8. The Morgan fingerprint density at radius 2 is 1.71 bits per heavy atom. The molecular weight excluding hydrogens is 277 g/mol. The van der Waals surface area contributed by atoms with E-state index in [2.05, 4.69) is 10.6 Å². The Morgan fingerprint density at radius 1 is 1.10 bits per heavy atom. The van der Waals surface area contributed by atoms with Gasteiger partial charge in [0.15, 0.2) is 0 Å². The van der Waals surface area contributed by atoms with Crippen LogP contribution in [0.4, 0.5) is 14.9 Å². The highest BCUT2D eigenvalue weighted by molar-refractivity contribution is 5.94. The van der Waals surface area contributed by atoms with Crippen LogP contribution in [0.5, 0.6) is 0 Å². The molecule has 0 fully saturated rings. The highest BCUT2D eigenvalue weighted by Gasteiger charge is 2.07. The van der Waals surface area contributed by atoms with Gasteiger partial charge in [-0.05, 0) is 31.0 Å². The number of hydrogen-bond donors (Lipinski definition) is 4. The molecule has 0 bridgehead atoms. The van der Waals surface area contributed by atoms with Crippen molar-refractivity contribution in [1.82, 2.24) is 10.6 Å². The van der Waals surface area contributed by atoms with E-state index in [0.29, 0.717) is 13.1 Å². The third-order valence-corrected chi connectivity index (χ3v) is 2.93. The van der Waals surface area contributed by atoms with Crippen LogP contribution in [-0.4, -0.2) is 30.2 Å². The van der Waals surface area contributed by atoms with E-state index >= 15 is 0 Å². The summed E-state index contributed by atoms with van der Waals surface area (Å²) in [5, 5.41) is 13.4. The summed E-state index contributed by atoms with van der Waals surface area (Å²) in [5.41, 5.74) is 5.60. The zero-order valence-electron chi connectivity index (χ0n) is 11.7. The normalized spacial score (nSPS) is 10.1. The quantitative estimate of drug-likeness (QED) is 0.435. The molecule has 0 aliphatic carbocycles. The second-order valence-corrected chi connectivity index (χ2v) is 4.64. The number of nitrogens with one attached hydrogen (secondary N) is 2. The molecule has 21 heavy (non-hydrogen) atoms. The van der Waals surface area contributed by atoms with Gasteiger partial charge >= 0.3 is 6.09 Å². The number of carbonyl (C=O) groups excluding carboxylic acids is 1. The smallest absolute Gasteiger partial charge is 0.404 e. The molecule has 1 rings (SSSR count). The molecule has 0 radical (unpaired) electrons.